The molecule has 2 aliphatic carbocycles. The molecule has 0 bridgehead atoms. The van der Waals surface area contributed by atoms with Gasteiger partial charge in [0.15, 0.2) is 0 Å². The van der Waals surface area contributed by atoms with Crippen LogP contribution in [0.5, 0.6) is 0 Å². The van der Waals surface area contributed by atoms with Crippen molar-refractivity contribution in [2.45, 2.75) is 83.6 Å². The first-order chi connectivity index (χ1) is 9.24. The van der Waals surface area contributed by atoms with Crippen molar-refractivity contribution in [3.63, 3.8) is 0 Å². The minimum Gasteiger partial charge on any atom is -0.330 e. The van der Waals surface area contributed by atoms with Crippen LogP contribution < -0.4 is 11.1 Å². The number of nitrogens with one attached hydrogen (secondary N) is 1. The van der Waals surface area contributed by atoms with Gasteiger partial charge in [0, 0.05) is 6.04 Å². The third-order valence-corrected chi connectivity index (χ3v) is 5.69. The van der Waals surface area contributed by atoms with Crippen LogP contribution in [0.25, 0.3) is 0 Å². The monoisotopic (exact) mass is 266 g/mol. The van der Waals surface area contributed by atoms with Gasteiger partial charge in [0.25, 0.3) is 0 Å². The third-order valence-electron chi connectivity index (χ3n) is 5.69. The fraction of sp³-hybridized carbons (Fsp3) is 1.00. The van der Waals surface area contributed by atoms with Crippen molar-refractivity contribution in [2.75, 3.05) is 13.1 Å². The van der Waals surface area contributed by atoms with Gasteiger partial charge in [-0.15, -0.1) is 0 Å². The Morgan fingerprint density at radius 3 is 2.53 bits per heavy atom. The molecule has 0 saturated heterocycles. The fourth-order valence-corrected chi connectivity index (χ4v) is 4.09. The SMILES string of the molecule is CC1CCCC(NCCC2(CN)CCCCC2)CC1. The topological polar surface area (TPSA) is 38.0 Å². The number of hydrogen-bond donors (Lipinski definition) is 2. The van der Waals surface area contributed by atoms with Gasteiger partial charge >= 0.3 is 0 Å². The quantitative estimate of drug-likeness (QED) is 0.742. The smallest absolute Gasteiger partial charge is 0.00671 e. The van der Waals surface area contributed by atoms with Crippen LogP contribution in [0.4, 0.5) is 0 Å². The summed E-state index contributed by atoms with van der Waals surface area (Å²) in [5.41, 5.74) is 6.55. The molecule has 0 spiro atoms. The second-order valence-corrected chi connectivity index (χ2v) is 7.28. The minimum atomic E-state index is 0.475. The predicted octanol–water partition coefficient (Wildman–Crippen LogP) is 3.84. The molecule has 3 N–H and O–H groups in total. The van der Waals surface area contributed by atoms with E-state index >= 15 is 0 Å². The van der Waals surface area contributed by atoms with Gasteiger partial charge in [-0.2, -0.15) is 0 Å². The molecular weight excluding hydrogens is 232 g/mol. The lowest BCUT2D eigenvalue weighted by Gasteiger charge is -2.36. The van der Waals surface area contributed by atoms with E-state index < -0.39 is 0 Å². The molecule has 0 radical (unpaired) electrons. The van der Waals surface area contributed by atoms with Gasteiger partial charge < -0.3 is 11.1 Å². The maximum atomic E-state index is 6.07. The normalized spacial score (nSPS) is 31.9. The van der Waals surface area contributed by atoms with Gasteiger partial charge in [-0.3, -0.25) is 0 Å². The molecule has 0 amide bonds. The molecule has 2 atom stereocenters. The summed E-state index contributed by atoms with van der Waals surface area (Å²) in [7, 11) is 0. The van der Waals surface area contributed by atoms with Crippen molar-refractivity contribution in [2.24, 2.45) is 17.1 Å². The van der Waals surface area contributed by atoms with Gasteiger partial charge in [-0.1, -0.05) is 39.0 Å². The zero-order valence-electron chi connectivity index (χ0n) is 12.9. The lowest BCUT2D eigenvalue weighted by molar-refractivity contribution is 0.178. The number of nitrogens with two attached hydrogens (primary N) is 1. The highest BCUT2D eigenvalue weighted by Crippen LogP contribution is 2.38. The van der Waals surface area contributed by atoms with E-state index in [1.54, 1.807) is 0 Å². The Bertz CT molecular complexity index is 246. The predicted molar refractivity (Wildman–Crippen MR) is 83.2 cm³/mol. The van der Waals surface area contributed by atoms with Gasteiger partial charge in [-0.05, 0) is 62.9 Å². The second-order valence-electron chi connectivity index (χ2n) is 7.28. The van der Waals surface area contributed by atoms with E-state index in [4.69, 9.17) is 5.73 Å². The summed E-state index contributed by atoms with van der Waals surface area (Å²) in [5, 5.41) is 3.83. The molecule has 0 heterocycles. The first-order valence-electron chi connectivity index (χ1n) is 8.68. The van der Waals surface area contributed by atoms with Crippen LogP contribution in [-0.4, -0.2) is 19.1 Å². The largest absolute Gasteiger partial charge is 0.330 e. The van der Waals surface area contributed by atoms with E-state index in [9.17, 15) is 0 Å². The summed E-state index contributed by atoms with van der Waals surface area (Å²) in [4.78, 5) is 0. The molecule has 2 fully saturated rings. The van der Waals surface area contributed by atoms with Crippen molar-refractivity contribution in [1.29, 1.82) is 0 Å². The third kappa shape index (κ3) is 4.75. The highest BCUT2D eigenvalue weighted by molar-refractivity contribution is 4.85. The van der Waals surface area contributed by atoms with Crippen molar-refractivity contribution in [3.8, 4) is 0 Å². The van der Waals surface area contributed by atoms with E-state index in [1.165, 1.54) is 77.2 Å². The Kier molecular flexibility index (Phi) is 6.15. The standard InChI is InChI=1S/C17H34N2/c1-15-6-5-7-16(9-8-15)19-13-12-17(14-18)10-3-2-4-11-17/h15-16,19H,2-14,18H2,1H3. The van der Waals surface area contributed by atoms with Crippen LogP contribution in [0, 0.1) is 11.3 Å². The maximum absolute atomic E-state index is 6.07. The van der Waals surface area contributed by atoms with E-state index in [2.05, 4.69) is 12.2 Å². The van der Waals surface area contributed by atoms with Crippen LogP contribution in [0.15, 0.2) is 0 Å². The first kappa shape index (κ1) is 15.3. The summed E-state index contributed by atoms with van der Waals surface area (Å²) in [6.07, 6.45) is 15.3. The molecule has 2 aliphatic rings. The molecule has 2 rings (SSSR count). The van der Waals surface area contributed by atoms with Crippen molar-refractivity contribution >= 4 is 0 Å². The highest BCUT2D eigenvalue weighted by Gasteiger charge is 2.30. The molecule has 2 saturated carbocycles. The highest BCUT2D eigenvalue weighted by atomic mass is 14.9. The summed E-state index contributed by atoms with van der Waals surface area (Å²) in [5.74, 6) is 0.945. The van der Waals surface area contributed by atoms with Crippen LogP contribution >= 0.6 is 0 Å². The molecular formula is C17H34N2. The lowest BCUT2D eigenvalue weighted by atomic mass is 9.72. The molecule has 112 valence electrons. The molecule has 2 unspecified atom stereocenters. The maximum Gasteiger partial charge on any atom is 0.00671 e. The molecule has 19 heavy (non-hydrogen) atoms. The Balaban J connectivity index is 1.69. The molecule has 2 nitrogen and oxygen atoms in total. The zero-order chi connectivity index (χ0) is 13.6. The summed E-state index contributed by atoms with van der Waals surface area (Å²) in [6, 6.07) is 0.781. The Hall–Kier alpha value is -0.0800. The van der Waals surface area contributed by atoms with Gasteiger partial charge in [0.2, 0.25) is 0 Å². The van der Waals surface area contributed by atoms with Crippen LogP contribution in [0.1, 0.15) is 77.6 Å². The Morgan fingerprint density at radius 2 is 1.79 bits per heavy atom. The average Bonchev–Trinajstić information content (AvgIpc) is 2.65. The molecule has 0 aromatic heterocycles. The molecule has 0 aromatic rings. The first-order valence-corrected chi connectivity index (χ1v) is 8.68. The summed E-state index contributed by atoms with van der Waals surface area (Å²) >= 11 is 0. The zero-order valence-corrected chi connectivity index (χ0v) is 12.9. The fourth-order valence-electron chi connectivity index (χ4n) is 4.09. The van der Waals surface area contributed by atoms with Crippen LogP contribution in [-0.2, 0) is 0 Å². The van der Waals surface area contributed by atoms with Crippen LogP contribution in [0.3, 0.4) is 0 Å². The van der Waals surface area contributed by atoms with Gasteiger partial charge in [0.05, 0.1) is 0 Å². The van der Waals surface area contributed by atoms with Crippen LogP contribution in [0.2, 0.25) is 0 Å². The molecule has 2 heteroatoms. The minimum absolute atomic E-state index is 0.475. The van der Waals surface area contributed by atoms with Gasteiger partial charge in [-0.25, -0.2) is 0 Å². The number of hydrogen-bond acceptors (Lipinski definition) is 2. The molecule has 0 aliphatic heterocycles. The van der Waals surface area contributed by atoms with E-state index in [-0.39, 0.29) is 0 Å². The summed E-state index contributed by atoms with van der Waals surface area (Å²) < 4.78 is 0. The second kappa shape index (κ2) is 7.64. The Labute approximate surface area is 119 Å². The average molecular weight is 266 g/mol. The number of rotatable bonds is 5. The van der Waals surface area contributed by atoms with E-state index in [1.807, 2.05) is 0 Å². The van der Waals surface area contributed by atoms with Crippen molar-refractivity contribution in [1.82, 2.24) is 5.32 Å². The Morgan fingerprint density at radius 1 is 1.00 bits per heavy atom. The lowest BCUT2D eigenvalue weighted by Crippen LogP contribution is -2.38. The van der Waals surface area contributed by atoms with Gasteiger partial charge in [0.1, 0.15) is 0 Å². The van der Waals surface area contributed by atoms with E-state index in [0.29, 0.717) is 5.41 Å². The molecule has 0 aromatic carbocycles. The van der Waals surface area contributed by atoms with Crippen molar-refractivity contribution in [3.05, 3.63) is 0 Å². The van der Waals surface area contributed by atoms with E-state index in [0.717, 1.165) is 18.5 Å². The van der Waals surface area contributed by atoms with Crippen molar-refractivity contribution < 1.29 is 0 Å². The summed E-state index contributed by atoms with van der Waals surface area (Å²) in [6.45, 7) is 4.50.